The predicted octanol–water partition coefficient (Wildman–Crippen LogP) is 1.54. The first-order valence-corrected chi connectivity index (χ1v) is 6.75. The minimum absolute atomic E-state index is 0.0597. The van der Waals surface area contributed by atoms with Gasteiger partial charge in [0.1, 0.15) is 5.75 Å². The van der Waals surface area contributed by atoms with E-state index in [1.54, 1.807) is 12.1 Å². The van der Waals surface area contributed by atoms with Crippen LogP contribution in [0.3, 0.4) is 0 Å². The van der Waals surface area contributed by atoms with Crippen molar-refractivity contribution in [3.05, 3.63) is 24.3 Å². The van der Waals surface area contributed by atoms with E-state index in [1.807, 2.05) is 4.90 Å². The van der Waals surface area contributed by atoms with Crippen LogP contribution in [0, 0.1) is 5.92 Å². The van der Waals surface area contributed by atoms with Crippen LogP contribution in [-0.2, 0) is 4.79 Å². The van der Waals surface area contributed by atoms with Gasteiger partial charge in [0, 0.05) is 13.2 Å². The number of amides is 1. The van der Waals surface area contributed by atoms with Crippen molar-refractivity contribution in [2.24, 2.45) is 5.92 Å². The van der Waals surface area contributed by atoms with Gasteiger partial charge in [0.2, 0.25) is 5.91 Å². The highest BCUT2D eigenvalue weighted by atomic mass is 19.3. The predicted molar refractivity (Wildman–Crippen MR) is 73.3 cm³/mol. The molecule has 7 heteroatoms. The Morgan fingerprint density at radius 2 is 2.24 bits per heavy atom. The maximum Gasteiger partial charge on any atom is 0.387 e. The topological polar surface area (TPSA) is 61.8 Å². The molecule has 1 aliphatic rings. The average molecular weight is 300 g/mol. The quantitative estimate of drug-likeness (QED) is 0.836. The number of hydrogen-bond donors (Lipinski definition) is 2. The molecule has 1 atom stereocenters. The van der Waals surface area contributed by atoms with Crippen LogP contribution in [0.15, 0.2) is 24.3 Å². The van der Waals surface area contributed by atoms with E-state index in [0.717, 1.165) is 13.0 Å². The van der Waals surface area contributed by atoms with Gasteiger partial charge >= 0.3 is 6.61 Å². The number of halogens is 2. The number of rotatable bonds is 6. The zero-order valence-corrected chi connectivity index (χ0v) is 11.5. The Bertz CT molecular complexity index is 485. The molecule has 0 aliphatic carbocycles. The van der Waals surface area contributed by atoms with Crippen LogP contribution in [0.2, 0.25) is 0 Å². The van der Waals surface area contributed by atoms with Crippen molar-refractivity contribution in [2.75, 3.05) is 31.6 Å². The minimum Gasteiger partial charge on any atom is -0.433 e. The summed E-state index contributed by atoms with van der Waals surface area (Å²) in [5.74, 6) is -0.151. The van der Waals surface area contributed by atoms with Gasteiger partial charge in [-0.1, -0.05) is 12.1 Å². The van der Waals surface area contributed by atoms with Crippen molar-refractivity contribution in [3.63, 3.8) is 0 Å². The number of nitrogens with zero attached hydrogens (tertiary/aromatic N) is 1. The molecule has 1 aromatic rings. The molecule has 0 spiro atoms. The highest BCUT2D eigenvalue weighted by Crippen LogP contribution is 2.25. The summed E-state index contributed by atoms with van der Waals surface area (Å²) < 4.78 is 28.9. The standard InChI is InChI=1S/C14H18F2N2O3/c15-14(16)21-12-4-2-1-3-11(12)17-13(20)8-18-6-5-10(7-18)9-19/h1-4,10,14,19H,5-9H2,(H,17,20). The Hall–Kier alpha value is -1.73. The molecule has 116 valence electrons. The summed E-state index contributed by atoms with van der Waals surface area (Å²) in [6, 6.07) is 6.07. The largest absolute Gasteiger partial charge is 0.433 e. The third-order valence-corrected chi connectivity index (χ3v) is 3.37. The number of ether oxygens (including phenoxy) is 1. The van der Waals surface area contributed by atoms with Crippen molar-refractivity contribution in [3.8, 4) is 5.75 Å². The van der Waals surface area contributed by atoms with E-state index in [-0.39, 0.29) is 36.4 Å². The second-order valence-electron chi connectivity index (χ2n) is 5.00. The molecule has 1 aliphatic heterocycles. The second kappa shape index (κ2) is 7.33. The van der Waals surface area contributed by atoms with Crippen molar-refractivity contribution < 1.29 is 23.4 Å². The number of carbonyl (C=O) groups is 1. The molecule has 0 radical (unpaired) electrons. The van der Waals surface area contributed by atoms with Gasteiger partial charge in [-0.05, 0) is 31.0 Å². The summed E-state index contributed by atoms with van der Waals surface area (Å²) in [6.45, 7) is -1.25. The van der Waals surface area contributed by atoms with Crippen LogP contribution < -0.4 is 10.1 Å². The zero-order valence-electron chi connectivity index (χ0n) is 11.5. The molecule has 21 heavy (non-hydrogen) atoms. The first-order chi connectivity index (χ1) is 10.1. The van der Waals surface area contributed by atoms with Gasteiger partial charge in [0.25, 0.3) is 0 Å². The van der Waals surface area contributed by atoms with Crippen LogP contribution in [-0.4, -0.2) is 48.8 Å². The zero-order chi connectivity index (χ0) is 15.2. The van der Waals surface area contributed by atoms with Crippen LogP contribution in [0.25, 0.3) is 0 Å². The Labute approximate surface area is 121 Å². The SMILES string of the molecule is O=C(CN1CCC(CO)C1)Nc1ccccc1OC(F)F. The molecule has 1 saturated heterocycles. The van der Waals surface area contributed by atoms with Gasteiger partial charge in [-0.25, -0.2) is 0 Å². The number of aliphatic hydroxyl groups is 1. The first-order valence-electron chi connectivity index (χ1n) is 6.75. The molecular formula is C14H18F2N2O3. The number of para-hydroxylation sites is 2. The fraction of sp³-hybridized carbons (Fsp3) is 0.500. The van der Waals surface area contributed by atoms with E-state index in [0.29, 0.717) is 6.54 Å². The van der Waals surface area contributed by atoms with Gasteiger partial charge in [-0.15, -0.1) is 0 Å². The van der Waals surface area contributed by atoms with Crippen LogP contribution in [0.1, 0.15) is 6.42 Å². The smallest absolute Gasteiger partial charge is 0.387 e. The molecule has 1 aromatic carbocycles. The van der Waals surface area contributed by atoms with E-state index in [4.69, 9.17) is 5.11 Å². The number of hydrogen-bond acceptors (Lipinski definition) is 4. The third kappa shape index (κ3) is 4.64. The molecule has 2 N–H and O–H groups in total. The van der Waals surface area contributed by atoms with Crippen molar-refractivity contribution in [1.29, 1.82) is 0 Å². The summed E-state index contributed by atoms with van der Waals surface area (Å²) in [4.78, 5) is 13.9. The van der Waals surface area contributed by atoms with E-state index in [1.165, 1.54) is 12.1 Å². The molecular weight excluding hydrogens is 282 g/mol. The van der Waals surface area contributed by atoms with Gasteiger partial charge in [0.05, 0.1) is 12.2 Å². The van der Waals surface area contributed by atoms with Gasteiger partial charge in [-0.3, -0.25) is 9.69 Å². The highest BCUT2D eigenvalue weighted by molar-refractivity contribution is 5.93. The first kappa shape index (κ1) is 15.7. The number of benzene rings is 1. The van der Waals surface area contributed by atoms with Crippen LogP contribution in [0.4, 0.5) is 14.5 Å². The van der Waals surface area contributed by atoms with Gasteiger partial charge < -0.3 is 15.2 Å². The Morgan fingerprint density at radius 1 is 1.48 bits per heavy atom. The molecule has 5 nitrogen and oxygen atoms in total. The van der Waals surface area contributed by atoms with Gasteiger partial charge in [0.15, 0.2) is 0 Å². The summed E-state index contributed by atoms with van der Waals surface area (Å²) in [5.41, 5.74) is 0.223. The summed E-state index contributed by atoms with van der Waals surface area (Å²) in [7, 11) is 0. The number of alkyl halides is 2. The lowest BCUT2D eigenvalue weighted by Crippen LogP contribution is -2.32. The van der Waals surface area contributed by atoms with Crippen LogP contribution >= 0.6 is 0 Å². The monoisotopic (exact) mass is 300 g/mol. The fourth-order valence-corrected chi connectivity index (χ4v) is 2.37. The minimum atomic E-state index is -2.94. The Kier molecular flexibility index (Phi) is 5.46. The van der Waals surface area contributed by atoms with Crippen molar-refractivity contribution >= 4 is 11.6 Å². The molecule has 0 bridgehead atoms. The maximum absolute atomic E-state index is 12.3. The average Bonchev–Trinajstić information content (AvgIpc) is 2.88. The van der Waals surface area contributed by atoms with E-state index in [2.05, 4.69) is 10.1 Å². The van der Waals surface area contributed by atoms with Crippen molar-refractivity contribution in [1.82, 2.24) is 4.90 Å². The number of anilines is 1. The normalized spacial score (nSPS) is 19.0. The lowest BCUT2D eigenvalue weighted by atomic mass is 10.1. The van der Waals surface area contributed by atoms with E-state index < -0.39 is 6.61 Å². The molecule has 1 heterocycles. The molecule has 0 saturated carbocycles. The summed E-state index contributed by atoms with van der Waals surface area (Å²) in [6.07, 6.45) is 0.856. The van der Waals surface area contributed by atoms with E-state index >= 15 is 0 Å². The summed E-state index contributed by atoms with van der Waals surface area (Å²) >= 11 is 0. The third-order valence-electron chi connectivity index (χ3n) is 3.37. The number of likely N-dealkylation sites (tertiary alicyclic amines) is 1. The van der Waals surface area contributed by atoms with Crippen LogP contribution in [0.5, 0.6) is 5.75 Å². The lowest BCUT2D eigenvalue weighted by molar-refractivity contribution is -0.117. The fourth-order valence-electron chi connectivity index (χ4n) is 2.37. The Balaban J connectivity index is 1.91. The second-order valence-corrected chi connectivity index (χ2v) is 5.00. The number of aliphatic hydroxyl groups excluding tert-OH is 1. The van der Waals surface area contributed by atoms with Gasteiger partial charge in [-0.2, -0.15) is 8.78 Å². The maximum atomic E-state index is 12.3. The highest BCUT2D eigenvalue weighted by Gasteiger charge is 2.23. The molecule has 1 fully saturated rings. The molecule has 0 aromatic heterocycles. The molecule has 1 amide bonds. The Morgan fingerprint density at radius 3 is 2.90 bits per heavy atom. The molecule has 1 unspecified atom stereocenters. The summed E-state index contributed by atoms with van der Waals surface area (Å²) in [5, 5.41) is 11.6. The number of nitrogens with one attached hydrogen (secondary N) is 1. The number of carbonyl (C=O) groups excluding carboxylic acids is 1. The van der Waals surface area contributed by atoms with E-state index in [9.17, 15) is 13.6 Å². The lowest BCUT2D eigenvalue weighted by Gasteiger charge is -2.16. The molecule has 2 rings (SSSR count). The van der Waals surface area contributed by atoms with Crippen molar-refractivity contribution in [2.45, 2.75) is 13.0 Å².